The van der Waals surface area contributed by atoms with E-state index in [4.69, 9.17) is 11.2 Å². The Morgan fingerprint density at radius 3 is 2.84 bits per heavy atom. The monoisotopic (exact) mass is 259 g/mol. The van der Waals surface area contributed by atoms with Gasteiger partial charge in [0.15, 0.2) is 5.65 Å². The first kappa shape index (κ1) is 12.9. The Balaban J connectivity index is 2.96. The highest BCUT2D eigenvalue weighted by Crippen LogP contribution is 2.18. The standard InChI is InChI=1S/C13H13N3O3/c1-4-8-16-12(17)10-9(19-5-2)6-7-14-11(10)15(3)13(16)18/h1,6-7H,5,8H2,2-3H3. The van der Waals surface area contributed by atoms with Gasteiger partial charge in [0.2, 0.25) is 0 Å². The van der Waals surface area contributed by atoms with E-state index in [0.717, 1.165) is 4.57 Å². The van der Waals surface area contributed by atoms with Gasteiger partial charge in [-0.1, -0.05) is 5.92 Å². The molecule has 2 rings (SSSR count). The molecule has 0 amide bonds. The summed E-state index contributed by atoms with van der Waals surface area (Å²) in [7, 11) is 1.54. The minimum atomic E-state index is -0.489. The van der Waals surface area contributed by atoms with Crippen LogP contribution in [0.25, 0.3) is 11.0 Å². The predicted octanol–water partition coefficient (Wildman–Crippen LogP) is 0.127. The number of terminal acetylenes is 1. The number of hydrogen-bond donors (Lipinski definition) is 0. The van der Waals surface area contributed by atoms with E-state index in [9.17, 15) is 9.59 Å². The second-order valence-corrected chi connectivity index (χ2v) is 3.88. The molecule has 6 nitrogen and oxygen atoms in total. The molecule has 19 heavy (non-hydrogen) atoms. The minimum Gasteiger partial charge on any atom is -0.493 e. The maximum absolute atomic E-state index is 12.3. The molecule has 0 fully saturated rings. The molecule has 0 unspecified atom stereocenters. The van der Waals surface area contributed by atoms with E-state index in [1.165, 1.54) is 10.8 Å². The highest BCUT2D eigenvalue weighted by Gasteiger charge is 2.15. The van der Waals surface area contributed by atoms with Crippen molar-refractivity contribution in [3.63, 3.8) is 0 Å². The summed E-state index contributed by atoms with van der Waals surface area (Å²) in [5, 5.41) is 0.265. The fourth-order valence-corrected chi connectivity index (χ4v) is 1.89. The predicted molar refractivity (Wildman–Crippen MR) is 71.2 cm³/mol. The molecule has 0 saturated carbocycles. The molecule has 0 aliphatic carbocycles. The lowest BCUT2D eigenvalue weighted by atomic mass is 10.3. The van der Waals surface area contributed by atoms with Crippen molar-refractivity contribution in [1.29, 1.82) is 0 Å². The van der Waals surface area contributed by atoms with Crippen LogP contribution in [0, 0.1) is 12.3 Å². The Bertz CT molecular complexity index is 781. The summed E-state index contributed by atoms with van der Waals surface area (Å²) >= 11 is 0. The second kappa shape index (κ2) is 4.98. The van der Waals surface area contributed by atoms with Crippen LogP contribution in [0.4, 0.5) is 0 Å². The van der Waals surface area contributed by atoms with Crippen LogP contribution in [-0.2, 0) is 13.6 Å². The molecule has 0 aliphatic rings. The van der Waals surface area contributed by atoms with Crippen LogP contribution in [0.3, 0.4) is 0 Å². The first-order chi connectivity index (χ1) is 9.11. The Morgan fingerprint density at radius 2 is 2.21 bits per heavy atom. The van der Waals surface area contributed by atoms with Gasteiger partial charge in [-0.3, -0.25) is 9.36 Å². The van der Waals surface area contributed by atoms with Crippen molar-refractivity contribution in [2.45, 2.75) is 13.5 Å². The quantitative estimate of drug-likeness (QED) is 0.735. The van der Waals surface area contributed by atoms with Crippen LogP contribution >= 0.6 is 0 Å². The summed E-state index contributed by atoms with van der Waals surface area (Å²) in [5.74, 6) is 2.70. The van der Waals surface area contributed by atoms with Crippen LogP contribution in [0.15, 0.2) is 21.9 Å². The fourth-order valence-electron chi connectivity index (χ4n) is 1.89. The fraction of sp³-hybridized carbons (Fsp3) is 0.308. The number of ether oxygens (including phenoxy) is 1. The summed E-state index contributed by atoms with van der Waals surface area (Å²) in [6, 6.07) is 1.60. The van der Waals surface area contributed by atoms with Gasteiger partial charge in [-0.2, -0.15) is 0 Å². The Hall–Kier alpha value is -2.55. The molecule has 2 heterocycles. The van der Waals surface area contributed by atoms with Crippen molar-refractivity contribution in [2.75, 3.05) is 6.61 Å². The molecule has 0 aromatic carbocycles. The van der Waals surface area contributed by atoms with E-state index < -0.39 is 11.2 Å². The highest BCUT2D eigenvalue weighted by molar-refractivity contribution is 5.81. The van der Waals surface area contributed by atoms with Gasteiger partial charge in [-0.25, -0.2) is 14.3 Å². The van der Waals surface area contributed by atoms with Crippen molar-refractivity contribution < 1.29 is 4.74 Å². The van der Waals surface area contributed by atoms with Gasteiger partial charge in [-0.05, 0) is 13.0 Å². The van der Waals surface area contributed by atoms with Crippen LogP contribution in [0.1, 0.15) is 6.92 Å². The number of nitrogens with zero attached hydrogens (tertiary/aromatic N) is 3. The zero-order valence-corrected chi connectivity index (χ0v) is 10.7. The number of hydrogen-bond acceptors (Lipinski definition) is 4. The maximum atomic E-state index is 12.3. The second-order valence-electron chi connectivity index (χ2n) is 3.88. The van der Waals surface area contributed by atoms with E-state index in [0.29, 0.717) is 12.4 Å². The zero-order valence-electron chi connectivity index (χ0n) is 10.7. The lowest BCUT2D eigenvalue weighted by Crippen LogP contribution is -2.39. The third-order valence-electron chi connectivity index (χ3n) is 2.74. The summed E-state index contributed by atoms with van der Waals surface area (Å²) in [5.41, 5.74) is -0.682. The number of aromatic nitrogens is 3. The number of fused-ring (bicyclic) bond motifs is 1. The summed E-state index contributed by atoms with van der Waals surface area (Å²) < 4.78 is 7.69. The molecule has 0 saturated heterocycles. The lowest BCUT2D eigenvalue weighted by Gasteiger charge is -2.11. The first-order valence-electron chi connectivity index (χ1n) is 5.76. The SMILES string of the molecule is C#CCn1c(=O)c2c(OCC)ccnc2n(C)c1=O. The molecule has 2 aromatic heterocycles. The van der Waals surface area contributed by atoms with Crippen LogP contribution in [0.2, 0.25) is 0 Å². The summed E-state index contributed by atoms with van der Waals surface area (Å²) in [6.07, 6.45) is 6.68. The maximum Gasteiger partial charge on any atom is 0.333 e. The molecule has 0 bridgehead atoms. The van der Waals surface area contributed by atoms with Crippen molar-refractivity contribution in [3.05, 3.63) is 33.1 Å². The first-order valence-corrected chi connectivity index (χ1v) is 5.76. The molecule has 0 spiro atoms. The van der Waals surface area contributed by atoms with Gasteiger partial charge in [0.25, 0.3) is 5.56 Å². The normalized spacial score (nSPS) is 10.4. The van der Waals surface area contributed by atoms with E-state index in [2.05, 4.69) is 10.9 Å². The van der Waals surface area contributed by atoms with Crippen molar-refractivity contribution >= 4 is 11.0 Å². The molecule has 0 radical (unpaired) electrons. The van der Waals surface area contributed by atoms with Gasteiger partial charge in [0.1, 0.15) is 11.1 Å². The summed E-state index contributed by atoms with van der Waals surface area (Å²) in [4.78, 5) is 28.4. The van der Waals surface area contributed by atoms with Crippen LogP contribution < -0.4 is 16.0 Å². The molecule has 0 N–H and O–H groups in total. The number of rotatable bonds is 3. The van der Waals surface area contributed by atoms with Gasteiger partial charge in [-0.15, -0.1) is 6.42 Å². The van der Waals surface area contributed by atoms with Crippen LogP contribution in [-0.4, -0.2) is 20.7 Å². The summed E-state index contributed by atoms with van der Waals surface area (Å²) in [6.45, 7) is 2.15. The average Bonchev–Trinajstić information content (AvgIpc) is 2.41. The number of aryl methyl sites for hydroxylation is 1. The van der Waals surface area contributed by atoms with Crippen LogP contribution in [0.5, 0.6) is 5.75 Å². The van der Waals surface area contributed by atoms with Gasteiger partial charge < -0.3 is 4.74 Å². The molecule has 0 atom stereocenters. The van der Waals surface area contributed by atoms with Gasteiger partial charge in [0.05, 0.1) is 13.2 Å². The largest absolute Gasteiger partial charge is 0.493 e. The van der Waals surface area contributed by atoms with E-state index in [-0.39, 0.29) is 17.6 Å². The van der Waals surface area contributed by atoms with Crippen molar-refractivity contribution in [2.24, 2.45) is 7.05 Å². The zero-order chi connectivity index (χ0) is 14.0. The Kier molecular flexibility index (Phi) is 3.38. The molecular formula is C13H13N3O3. The third-order valence-corrected chi connectivity index (χ3v) is 2.74. The Morgan fingerprint density at radius 1 is 1.47 bits per heavy atom. The molecule has 2 aromatic rings. The molecular weight excluding hydrogens is 246 g/mol. The highest BCUT2D eigenvalue weighted by atomic mass is 16.5. The third kappa shape index (κ3) is 1.99. The smallest absolute Gasteiger partial charge is 0.333 e. The lowest BCUT2D eigenvalue weighted by molar-refractivity contribution is 0.343. The van der Waals surface area contributed by atoms with E-state index >= 15 is 0 Å². The van der Waals surface area contributed by atoms with Crippen molar-refractivity contribution in [3.8, 4) is 18.1 Å². The molecule has 0 aliphatic heterocycles. The van der Waals surface area contributed by atoms with Crippen molar-refractivity contribution in [1.82, 2.24) is 14.1 Å². The average molecular weight is 259 g/mol. The minimum absolute atomic E-state index is 0.0814. The van der Waals surface area contributed by atoms with Gasteiger partial charge >= 0.3 is 5.69 Å². The molecule has 6 heteroatoms. The van der Waals surface area contributed by atoms with E-state index in [1.54, 1.807) is 13.1 Å². The number of pyridine rings is 1. The topological polar surface area (TPSA) is 66.1 Å². The van der Waals surface area contributed by atoms with Gasteiger partial charge in [0, 0.05) is 13.2 Å². The van der Waals surface area contributed by atoms with E-state index in [1.807, 2.05) is 6.92 Å². The molecule has 98 valence electrons. The Labute approximate surface area is 109 Å².